The molecule has 5 rings (SSSR count). The molecule has 2 aromatic rings. The van der Waals surface area contributed by atoms with E-state index in [0.29, 0.717) is 23.6 Å². The third kappa shape index (κ3) is 3.43. The standard InChI is InChI=1S/C21H19FN4O4/c22-14-2-4-15(5-3-14)23-20(27)11-25-7-8-26-17(21(25)28)10-16(24-26)13-1-6-18-19(9-13)30-12-29-18/h1-9,16-17,24H,10-12H2,(H,23,27). The molecule has 1 fully saturated rings. The van der Waals surface area contributed by atoms with Gasteiger partial charge in [-0.25, -0.2) is 9.82 Å². The second kappa shape index (κ2) is 7.34. The van der Waals surface area contributed by atoms with E-state index >= 15 is 0 Å². The Labute approximate surface area is 171 Å². The van der Waals surface area contributed by atoms with Crippen molar-refractivity contribution in [2.75, 3.05) is 18.7 Å². The molecule has 0 saturated carbocycles. The fourth-order valence-electron chi connectivity index (χ4n) is 3.80. The van der Waals surface area contributed by atoms with Crippen LogP contribution in [0.1, 0.15) is 18.0 Å². The van der Waals surface area contributed by atoms with Gasteiger partial charge >= 0.3 is 0 Å². The summed E-state index contributed by atoms with van der Waals surface area (Å²) in [7, 11) is 0. The lowest BCUT2D eigenvalue weighted by Crippen LogP contribution is -2.49. The Morgan fingerprint density at radius 3 is 2.77 bits per heavy atom. The summed E-state index contributed by atoms with van der Waals surface area (Å²) in [4.78, 5) is 26.6. The van der Waals surface area contributed by atoms with Crippen LogP contribution in [0.4, 0.5) is 10.1 Å². The number of halogens is 1. The number of amides is 2. The molecule has 3 aliphatic heterocycles. The highest BCUT2D eigenvalue weighted by atomic mass is 19.1. The molecule has 0 bridgehead atoms. The lowest BCUT2D eigenvalue weighted by molar-refractivity contribution is -0.137. The molecule has 9 heteroatoms. The number of carbonyl (C=O) groups is 2. The van der Waals surface area contributed by atoms with E-state index in [9.17, 15) is 14.0 Å². The summed E-state index contributed by atoms with van der Waals surface area (Å²) in [6.07, 6.45) is 3.89. The average molecular weight is 410 g/mol. The van der Waals surface area contributed by atoms with E-state index in [4.69, 9.17) is 9.47 Å². The zero-order chi connectivity index (χ0) is 20.7. The normalized spacial score (nSPS) is 21.7. The van der Waals surface area contributed by atoms with Crippen molar-refractivity contribution in [3.05, 3.63) is 66.2 Å². The number of ether oxygens (including phenoxy) is 2. The molecule has 2 N–H and O–H groups in total. The van der Waals surface area contributed by atoms with Crippen LogP contribution in [0.15, 0.2) is 54.9 Å². The van der Waals surface area contributed by atoms with Gasteiger partial charge in [0.05, 0.1) is 6.04 Å². The van der Waals surface area contributed by atoms with Gasteiger partial charge in [-0.1, -0.05) is 6.07 Å². The van der Waals surface area contributed by atoms with Crippen molar-refractivity contribution in [2.24, 2.45) is 0 Å². The average Bonchev–Trinajstić information content (AvgIpc) is 3.38. The summed E-state index contributed by atoms with van der Waals surface area (Å²) in [6.45, 7) is 0.0908. The zero-order valence-corrected chi connectivity index (χ0v) is 15.9. The number of nitrogens with zero attached hydrogens (tertiary/aromatic N) is 2. The van der Waals surface area contributed by atoms with Crippen LogP contribution in [0.2, 0.25) is 0 Å². The minimum Gasteiger partial charge on any atom is -0.454 e. The molecule has 0 aliphatic carbocycles. The number of benzene rings is 2. The van der Waals surface area contributed by atoms with Crippen LogP contribution in [0.25, 0.3) is 0 Å². The number of nitrogens with one attached hydrogen (secondary N) is 2. The second-order valence-corrected chi connectivity index (χ2v) is 7.27. The first-order valence-electron chi connectivity index (χ1n) is 9.55. The van der Waals surface area contributed by atoms with Crippen LogP contribution in [0.3, 0.4) is 0 Å². The van der Waals surface area contributed by atoms with Crippen molar-refractivity contribution >= 4 is 17.5 Å². The minimum absolute atomic E-state index is 0.0638. The predicted octanol–water partition coefficient (Wildman–Crippen LogP) is 2.13. The van der Waals surface area contributed by atoms with Crippen LogP contribution in [0.5, 0.6) is 11.5 Å². The molecule has 8 nitrogen and oxygen atoms in total. The number of fused-ring (bicyclic) bond motifs is 2. The summed E-state index contributed by atoms with van der Waals surface area (Å²) in [5.41, 5.74) is 4.79. The Morgan fingerprint density at radius 1 is 1.13 bits per heavy atom. The Balaban J connectivity index is 1.23. The first-order valence-corrected chi connectivity index (χ1v) is 9.55. The molecule has 0 spiro atoms. The van der Waals surface area contributed by atoms with E-state index in [2.05, 4.69) is 10.7 Å². The molecular formula is C21H19FN4O4. The van der Waals surface area contributed by atoms with Gasteiger partial charge in [0.2, 0.25) is 12.7 Å². The van der Waals surface area contributed by atoms with Crippen molar-refractivity contribution in [3.8, 4) is 11.5 Å². The predicted molar refractivity (Wildman–Crippen MR) is 105 cm³/mol. The Morgan fingerprint density at radius 2 is 1.93 bits per heavy atom. The maximum absolute atomic E-state index is 13.0. The highest BCUT2D eigenvalue weighted by Gasteiger charge is 2.40. The highest BCUT2D eigenvalue weighted by molar-refractivity contribution is 5.96. The lowest BCUT2D eigenvalue weighted by atomic mass is 10.0. The van der Waals surface area contributed by atoms with Gasteiger partial charge in [0.15, 0.2) is 11.5 Å². The zero-order valence-electron chi connectivity index (χ0n) is 15.9. The van der Waals surface area contributed by atoms with Gasteiger partial charge in [-0.2, -0.15) is 0 Å². The van der Waals surface area contributed by atoms with Crippen molar-refractivity contribution in [1.82, 2.24) is 15.3 Å². The van der Waals surface area contributed by atoms with Crippen LogP contribution in [-0.4, -0.2) is 41.1 Å². The fourth-order valence-corrected chi connectivity index (χ4v) is 3.80. The van der Waals surface area contributed by atoms with E-state index in [0.717, 1.165) is 5.56 Å². The molecule has 3 aliphatic rings. The third-order valence-electron chi connectivity index (χ3n) is 5.32. The number of rotatable bonds is 4. The van der Waals surface area contributed by atoms with Crippen LogP contribution in [0, 0.1) is 5.82 Å². The largest absolute Gasteiger partial charge is 0.454 e. The van der Waals surface area contributed by atoms with Gasteiger partial charge in [-0.3, -0.25) is 9.59 Å². The molecule has 0 radical (unpaired) electrons. The smallest absolute Gasteiger partial charge is 0.251 e. The van der Waals surface area contributed by atoms with Gasteiger partial charge in [-0.15, -0.1) is 0 Å². The highest BCUT2D eigenvalue weighted by Crippen LogP contribution is 2.37. The molecule has 3 heterocycles. The van der Waals surface area contributed by atoms with E-state index in [1.165, 1.54) is 29.2 Å². The van der Waals surface area contributed by atoms with E-state index < -0.39 is 6.04 Å². The SMILES string of the molecule is O=C(CN1C=CN2NC(c3ccc4c(c3)OCO4)CC2C1=O)Nc1ccc(F)cc1. The summed E-state index contributed by atoms with van der Waals surface area (Å²) in [5, 5.41) is 4.44. The topological polar surface area (TPSA) is 83.1 Å². The Bertz CT molecular complexity index is 1030. The van der Waals surface area contributed by atoms with Gasteiger partial charge in [0.1, 0.15) is 18.4 Å². The molecule has 154 valence electrons. The summed E-state index contributed by atoms with van der Waals surface area (Å²) in [6, 6.07) is 10.7. The first kappa shape index (κ1) is 18.4. The number of hydrogen-bond donors (Lipinski definition) is 2. The van der Waals surface area contributed by atoms with Crippen molar-refractivity contribution < 1.29 is 23.5 Å². The molecular weight excluding hydrogens is 391 g/mol. The monoisotopic (exact) mass is 410 g/mol. The van der Waals surface area contributed by atoms with Crippen molar-refractivity contribution in [1.29, 1.82) is 0 Å². The molecule has 2 amide bonds. The molecule has 2 atom stereocenters. The van der Waals surface area contributed by atoms with Crippen LogP contribution >= 0.6 is 0 Å². The summed E-state index contributed by atoms with van der Waals surface area (Å²) < 4.78 is 23.8. The van der Waals surface area contributed by atoms with Crippen molar-refractivity contribution in [3.63, 3.8) is 0 Å². The Kier molecular flexibility index (Phi) is 4.51. The van der Waals surface area contributed by atoms with E-state index in [1.54, 1.807) is 17.4 Å². The first-order chi connectivity index (χ1) is 14.6. The molecule has 30 heavy (non-hydrogen) atoms. The third-order valence-corrected chi connectivity index (χ3v) is 5.32. The van der Waals surface area contributed by atoms with E-state index in [-0.39, 0.29) is 37.0 Å². The molecule has 2 unspecified atom stereocenters. The number of hydrogen-bond acceptors (Lipinski definition) is 6. The molecule has 2 aromatic carbocycles. The molecule has 0 aromatic heterocycles. The maximum Gasteiger partial charge on any atom is 0.251 e. The van der Waals surface area contributed by atoms with Crippen LogP contribution < -0.4 is 20.2 Å². The van der Waals surface area contributed by atoms with Gasteiger partial charge < -0.3 is 24.7 Å². The number of carbonyl (C=O) groups excluding carboxylic acids is 2. The fraction of sp³-hybridized carbons (Fsp3) is 0.238. The Hall–Kier alpha value is -3.59. The lowest BCUT2D eigenvalue weighted by Gasteiger charge is -2.31. The minimum atomic E-state index is -0.413. The molecule has 1 saturated heterocycles. The van der Waals surface area contributed by atoms with Gasteiger partial charge in [0, 0.05) is 18.1 Å². The second-order valence-electron chi connectivity index (χ2n) is 7.27. The quantitative estimate of drug-likeness (QED) is 0.804. The van der Waals surface area contributed by atoms with Crippen LogP contribution in [-0.2, 0) is 9.59 Å². The van der Waals surface area contributed by atoms with E-state index in [1.807, 2.05) is 18.2 Å². The van der Waals surface area contributed by atoms with Gasteiger partial charge in [-0.05, 0) is 48.4 Å². The summed E-state index contributed by atoms with van der Waals surface area (Å²) in [5.74, 6) is 0.505. The van der Waals surface area contributed by atoms with Crippen molar-refractivity contribution in [2.45, 2.75) is 18.5 Å². The maximum atomic E-state index is 13.0. The number of anilines is 1. The summed E-state index contributed by atoms with van der Waals surface area (Å²) >= 11 is 0. The van der Waals surface area contributed by atoms with Gasteiger partial charge in [0.25, 0.3) is 5.91 Å². The number of hydrazine groups is 1.